The number of carbonyl (C=O) groups excluding carboxylic acids is 2. The number of aliphatic carboxylic acids is 1. The van der Waals surface area contributed by atoms with Crippen molar-refractivity contribution in [2.75, 3.05) is 25.1 Å². The number of nitrogens with two attached hydrogens (primary N) is 2. The van der Waals surface area contributed by atoms with E-state index in [4.69, 9.17) is 16.6 Å². The molecule has 8 nitrogen and oxygen atoms in total. The van der Waals surface area contributed by atoms with Crippen LogP contribution in [0.3, 0.4) is 0 Å². The molecular weight excluding hydrogens is 308 g/mol. The van der Waals surface area contributed by atoms with Crippen LogP contribution < -0.4 is 22.1 Å². The quantitative estimate of drug-likeness (QED) is 0.284. The first-order valence-corrected chi connectivity index (χ1v) is 8.56. The SMILES string of the molecule is CSCC[C@H](NC(=O)CNC(=O)[C@@H](N)CCCCN)C(=O)O. The number of carboxylic acid groups (broad SMARTS) is 1. The largest absolute Gasteiger partial charge is 0.480 e. The molecule has 9 heteroatoms. The minimum atomic E-state index is -1.09. The Labute approximate surface area is 134 Å². The lowest BCUT2D eigenvalue weighted by Gasteiger charge is -2.15. The fourth-order valence-electron chi connectivity index (χ4n) is 1.68. The zero-order valence-corrected chi connectivity index (χ0v) is 13.7. The van der Waals surface area contributed by atoms with Gasteiger partial charge in [0.25, 0.3) is 0 Å². The summed E-state index contributed by atoms with van der Waals surface area (Å²) in [6.45, 7) is 0.260. The van der Waals surface area contributed by atoms with E-state index in [1.54, 1.807) is 0 Å². The smallest absolute Gasteiger partial charge is 0.326 e. The Morgan fingerprint density at radius 2 is 1.91 bits per heavy atom. The molecule has 0 heterocycles. The van der Waals surface area contributed by atoms with Gasteiger partial charge in [0.1, 0.15) is 6.04 Å². The molecule has 2 atom stereocenters. The Balaban J connectivity index is 4.09. The van der Waals surface area contributed by atoms with Gasteiger partial charge in [0, 0.05) is 0 Å². The molecule has 0 aromatic heterocycles. The van der Waals surface area contributed by atoms with Crippen molar-refractivity contribution in [3.8, 4) is 0 Å². The van der Waals surface area contributed by atoms with Crippen molar-refractivity contribution in [3.63, 3.8) is 0 Å². The van der Waals surface area contributed by atoms with Gasteiger partial charge in [0.05, 0.1) is 12.6 Å². The minimum absolute atomic E-state index is 0.285. The maximum Gasteiger partial charge on any atom is 0.326 e. The highest BCUT2D eigenvalue weighted by molar-refractivity contribution is 7.98. The van der Waals surface area contributed by atoms with Gasteiger partial charge in [-0.25, -0.2) is 4.79 Å². The van der Waals surface area contributed by atoms with Crippen LogP contribution in [0.5, 0.6) is 0 Å². The van der Waals surface area contributed by atoms with Crippen LogP contribution in [0.25, 0.3) is 0 Å². The first-order chi connectivity index (χ1) is 10.4. The Morgan fingerprint density at radius 1 is 1.23 bits per heavy atom. The maximum absolute atomic E-state index is 11.7. The molecule has 2 amide bonds. The summed E-state index contributed by atoms with van der Waals surface area (Å²) in [6.07, 6.45) is 4.21. The minimum Gasteiger partial charge on any atom is -0.480 e. The molecule has 0 spiro atoms. The summed E-state index contributed by atoms with van der Waals surface area (Å²) in [5.74, 6) is -1.44. The monoisotopic (exact) mass is 334 g/mol. The van der Waals surface area contributed by atoms with Crippen molar-refractivity contribution in [2.24, 2.45) is 11.5 Å². The molecule has 128 valence electrons. The second kappa shape index (κ2) is 12.2. The van der Waals surface area contributed by atoms with Gasteiger partial charge in [0.15, 0.2) is 0 Å². The third-order valence-electron chi connectivity index (χ3n) is 2.97. The summed E-state index contributed by atoms with van der Waals surface area (Å²) >= 11 is 1.50. The summed E-state index contributed by atoms with van der Waals surface area (Å²) in [4.78, 5) is 34.3. The molecule has 0 unspecified atom stereocenters. The maximum atomic E-state index is 11.7. The highest BCUT2D eigenvalue weighted by atomic mass is 32.2. The Bertz CT molecular complexity index is 368. The molecule has 0 radical (unpaired) electrons. The lowest BCUT2D eigenvalue weighted by atomic mass is 10.1. The summed E-state index contributed by atoms with van der Waals surface area (Å²) in [5, 5.41) is 13.8. The standard InChI is InChI=1S/C13H26N4O4S/c1-22-7-5-10(13(20)21)17-11(18)8-16-12(19)9(15)4-2-3-6-14/h9-10H,2-8,14-15H2,1H3,(H,16,19)(H,17,18)(H,20,21)/t9-,10-/m0/s1. The van der Waals surface area contributed by atoms with Gasteiger partial charge in [-0.1, -0.05) is 6.42 Å². The zero-order valence-electron chi connectivity index (χ0n) is 12.8. The Morgan fingerprint density at radius 3 is 2.45 bits per heavy atom. The summed E-state index contributed by atoms with van der Waals surface area (Å²) in [5.41, 5.74) is 11.0. The van der Waals surface area contributed by atoms with Crippen molar-refractivity contribution >= 4 is 29.5 Å². The van der Waals surface area contributed by atoms with Crippen LogP contribution in [0.15, 0.2) is 0 Å². The highest BCUT2D eigenvalue weighted by Crippen LogP contribution is 2.01. The van der Waals surface area contributed by atoms with Crippen LogP contribution in [-0.2, 0) is 14.4 Å². The van der Waals surface area contributed by atoms with Crippen molar-refractivity contribution in [3.05, 3.63) is 0 Å². The van der Waals surface area contributed by atoms with Crippen LogP contribution in [-0.4, -0.2) is 60.1 Å². The number of nitrogens with one attached hydrogen (secondary N) is 2. The number of amides is 2. The van der Waals surface area contributed by atoms with E-state index in [0.717, 1.165) is 12.8 Å². The van der Waals surface area contributed by atoms with Gasteiger partial charge < -0.3 is 27.2 Å². The van der Waals surface area contributed by atoms with E-state index in [-0.39, 0.29) is 6.54 Å². The fourth-order valence-corrected chi connectivity index (χ4v) is 2.15. The van der Waals surface area contributed by atoms with Gasteiger partial charge in [0.2, 0.25) is 11.8 Å². The molecule has 0 fully saturated rings. The van der Waals surface area contributed by atoms with E-state index >= 15 is 0 Å². The summed E-state index contributed by atoms with van der Waals surface area (Å²) < 4.78 is 0. The molecule has 0 aromatic rings. The van der Waals surface area contributed by atoms with Crippen LogP contribution in [0, 0.1) is 0 Å². The van der Waals surface area contributed by atoms with Crippen LogP contribution in [0.4, 0.5) is 0 Å². The topological polar surface area (TPSA) is 148 Å². The lowest BCUT2D eigenvalue weighted by molar-refractivity contribution is -0.141. The van der Waals surface area contributed by atoms with Crippen molar-refractivity contribution in [2.45, 2.75) is 37.8 Å². The summed E-state index contributed by atoms with van der Waals surface area (Å²) in [7, 11) is 0. The number of carboxylic acids is 1. The van der Waals surface area contributed by atoms with E-state index in [0.29, 0.717) is 25.1 Å². The van der Waals surface area contributed by atoms with Crippen molar-refractivity contribution in [1.82, 2.24) is 10.6 Å². The van der Waals surface area contributed by atoms with Crippen LogP contribution >= 0.6 is 11.8 Å². The lowest BCUT2D eigenvalue weighted by Crippen LogP contribution is -2.48. The van der Waals surface area contributed by atoms with Gasteiger partial charge in [-0.15, -0.1) is 0 Å². The second-order valence-corrected chi connectivity index (χ2v) is 5.83. The van der Waals surface area contributed by atoms with Gasteiger partial charge in [-0.3, -0.25) is 9.59 Å². The number of rotatable bonds is 12. The average molecular weight is 334 g/mol. The van der Waals surface area contributed by atoms with Crippen molar-refractivity contribution in [1.29, 1.82) is 0 Å². The van der Waals surface area contributed by atoms with Gasteiger partial charge >= 0.3 is 5.97 Å². The van der Waals surface area contributed by atoms with E-state index in [2.05, 4.69) is 10.6 Å². The van der Waals surface area contributed by atoms with E-state index < -0.39 is 29.9 Å². The van der Waals surface area contributed by atoms with Crippen LogP contribution in [0.2, 0.25) is 0 Å². The first-order valence-electron chi connectivity index (χ1n) is 7.16. The van der Waals surface area contributed by atoms with E-state index in [9.17, 15) is 14.4 Å². The van der Waals surface area contributed by atoms with Crippen LogP contribution in [0.1, 0.15) is 25.7 Å². The number of carbonyl (C=O) groups is 3. The predicted molar refractivity (Wildman–Crippen MR) is 86.5 cm³/mol. The molecular formula is C13H26N4O4S. The molecule has 0 saturated heterocycles. The second-order valence-electron chi connectivity index (χ2n) is 4.85. The third-order valence-corrected chi connectivity index (χ3v) is 3.62. The van der Waals surface area contributed by atoms with Crippen molar-refractivity contribution < 1.29 is 19.5 Å². The number of unbranched alkanes of at least 4 members (excludes halogenated alkanes) is 1. The predicted octanol–water partition coefficient (Wildman–Crippen LogP) is -1.12. The molecule has 0 rings (SSSR count). The summed E-state index contributed by atoms with van der Waals surface area (Å²) in [6, 6.07) is -1.64. The molecule has 0 saturated carbocycles. The Kier molecular flexibility index (Phi) is 11.5. The fraction of sp³-hybridized carbons (Fsp3) is 0.769. The number of hydrogen-bond donors (Lipinski definition) is 5. The van der Waals surface area contributed by atoms with E-state index in [1.807, 2.05) is 6.26 Å². The molecule has 0 bridgehead atoms. The Hall–Kier alpha value is -1.32. The molecule has 7 N–H and O–H groups in total. The van der Waals surface area contributed by atoms with Gasteiger partial charge in [-0.05, 0) is 37.8 Å². The van der Waals surface area contributed by atoms with E-state index in [1.165, 1.54) is 11.8 Å². The molecule has 22 heavy (non-hydrogen) atoms. The molecule has 0 aromatic carbocycles. The molecule has 0 aliphatic rings. The third kappa shape index (κ3) is 9.59. The highest BCUT2D eigenvalue weighted by Gasteiger charge is 2.20. The number of hydrogen-bond acceptors (Lipinski definition) is 6. The normalized spacial score (nSPS) is 13.2. The zero-order chi connectivity index (χ0) is 17.0. The first kappa shape index (κ1) is 20.7. The van der Waals surface area contributed by atoms with Gasteiger partial charge in [-0.2, -0.15) is 11.8 Å². The average Bonchev–Trinajstić information content (AvgIpc) is 2.48. The number of thioether (sulfide) groups is 1. The molecule has 0 aliphatic carbocycles. The molecule has 0 aliphatic heterocycles.